The highest BCUT2D eigenvalue weighted by molar-refractivity contribution is 5.54. The van der Waals surface area contributed by atoms with Crippen LogP contribution in [0.5, 0.6) is 0 Å². The molecule has 0 saturated carbocycles. The Labute approximate surface area is 142 Å². The molecule has 0 aliphatic rings. The van der Waals surface area contributed by atoms with E-state index in [1.54, 1.807) is 0 Å². The molecule has 4 nitrogen and oxygen atoms in total. The van der Waals surface area contributed by atoms with Gasteiger partial charge in [0.2, 0.25) is 11.8 Å². The number of hydrogen-bond donors (Lipinski definition) is 1. The van der Waals surface area contributed by atoms with E-state index in [1.807, 2.05) is 24.3 Å². The second-order valence-electron chi connectivity index (χ2n) is 6.90. The summed E-state index contributed by atoms with van der Waals surface area (Å²) in [5.41, 5.74) is 3.62. The fraction of sp³-hybridized carbons (Fsp3) is 0.300. The van der Waals surface area contributed by atoms with Crippen molar-refractivity contribution in [1.29, 1.82) is 0 Å². The number of rotatable bonds is 5. The topological polar surface area (TPSA) is 51.0 Å². The van der Waals surface area contributed by atoms with Crippen LogP contribution in [0.1, 0.15) is 43.7 Å². The molecule has 124 valence electrons. The van der Waals surface area contributed by atoms with Crippen LogP contribution in [-0.2, 0) is 18.4 Å². The summed E-state index contributed by atoms with van der Waals surface area (Å²) in [6.45, 7) is 7.14. The highest BCUT2D eigenvalue weighted by atomic mass is 16.4. The lowest BCUT2D eigenvalue weighted by Crippen LogP contribution is -2.14. The largest absolute Gasteiger partial charge is 0.423 e. The molecule has 2 aromatic carbocycles. The van der Waals surface area contributed by atoms with Crippen LogP contribution in [0.25, 0.3) is 0 Å². The summed E-state index contributed by atoms with van der Waals surface area (Å²) in [7, 11) is 0. The van der Waals surface area contributed by atoms with Crippen LogP contribution in [0.15, 0.2) is 59.0 Å². The Morgan fingerprint density at radius 3 is 2.29 bits per heavy atom. The van der Waals surface area contributed by atoms with E-state index in [-0.39, 0.29) is 5.41 Å². The molecular formula is C20H23N3O. The molecule has 0 radical (unpaired) electrons. The third-order valence-electron chi connectivity index (χ3n) is 3.87. The Hall–Kier alpha value is -2.62. The average Bonchev–Trinajstić information content (AvgIpc) is 3.01. The number of hydrogen-bond acceptors (Lipinski definition) is 4. The van der Waals surface area contributed by atoms with Crippen molar-refractivity contribution in [2.75, 3.05) is 5.32 Å². The van der Waals surface area contributed by atoms with Gasteiger partial charge >= 0.3 is 0 Å². The zero-order valence-corrected chi connectivity index (χ0v) is 14.4. The SMILES string of the molecule is CC(C)(C)c1ccccc1NCc1nnc(Cc2ccccc2)o1. The van der Waals surface area contributed by atoms with Gasteiger partial charge in [-0.1, -0.05) is 69.3 Å². The molecule has 3 aromatic rings. The molecule has 0 unspecified atom stereocenters. The third-order valence-corrected chi connectivity index (χ3v) is 3.87. The van der Waals surface area contributed by atoms with Gasteiger partial charge in [0.15, 0.2) is 0 Å². The minimum Gasteiger partial charge on any atom is -0.423 e. The molecular weight excluding hydrogens is 298 g/mol. The summed E-state index contributed by atoms with van der Waals surface area (Å²) in [5.74, 6) is 1.24. The predicted molar refractivity (Wildman–Crippen MR) is 96.0 cm³/mol. The van der Waals surface area contributed by atoms with E-state index in [2.05, 4.69) is 66.6 Å². The van der Waals surface area contributed by atoms with Crippen LogP contribution < -0.4 is 5.32 Å². The van der Waals surface area contributed by atoms with Gasteiger partial charge in [0.05, 0.1) is 13.0 Å². The summed E-state index contributed by atoms with van der Waals surface area (Å²) in [4.78, 5) is 0. The van der Waals surface area contributed by atoms with E-state index < -0.39 is 0 Å². The number of aromatic nitrogens is 2. The Morgan fingerprint density at radius 1 is 0.875 bits per heavy atom. The van der Waals surface area contributed by atoms with Gasteiger partial charge in [0.25, 0.3) is 0 Å². The van der Waals surface area contributed by atoms with Crippen LogP contribution >= 0.6 is 0 Å². The first kappa shape index (κ1) is 16.2. The standard InChI is InChI=1S/C20H23N3O/c1-20(2,3)16-11-7-8-12-17(16)21-14-19-23-22-18(24-19)13-15-9-5-4-6-10-15/h4-12,21H,13-14H2,1-3H3. The maximum atomic E-state index is 5.75. The molecule has 3 rings (SSSR count). The van der Waals surface area contributed by atoms with Crippen LogP contribution in [0.2, 0.25) is 0 Å². The van der Waals surface area contributed by atoms with Crippen LogP contribution in [0.3, 0.4) is 0 Å². The van der Waals surface area contributed by atoms with E-state index in [1.165, 1.54) is 11.1 Å². The van der Waals surface area contributed by atoms with E-state index in [0.29, 0.717) is 24.7 Å². The predicted octanol–water partition coefficient (Wildman–Crippen LogP) is 4.57. The van der Waals surface area contributed by atoms with E-state index in [0.717, 1.165) is 5.69 Å². The molecule has 0 aliphatic heterocycles. The molecule has 0 amide bonds. The van der Waals surface area contributed by atoms with E-state index in [9.17, 15) is 0 Å². The lowest BCUT2D eigenvalue weighted by atomic mass is 9.86. The lowest BCUT2D eigenvalue weighted by molar-refractivity contribution is 0.464. The summed E-state index contributed by atoms with van der Waals surface area (Å²) in [6.07, 6.45) is 0.659. The molecule has 1 aromatic heterocycles. The van der Waals surface area contributed by atoms with Gasteiger partial charge in [0, 0.05) is 5.69 Å². The van der Waals surface area contributed by atoms with Gasteiger partial charge < -0.3 is 9.73 Å². The molecule has 0 bridgehead atoms. The summed E-state index contributed by atoms with van der Waals surface area (Å²) < 4.78 is 5.75. The van der Waals surface area contributed by atoms with Gasteiger partial charge in [-0.05, 0) is 22.6 Å². The minimum atomic E-state index is 0.0803. The zero-order chi connectivity index (χ0) is 17.0. The van der Waals surface area contributed by atoms with Crippen LogP contribution in [0.4, 0.5) is 5.69 Å². The molecule has 0 spiro atoms. The smallest absolute Gasteiger partial charge is 0.235 e. The van der Waals surface area contributed by atoms with Crippen LogP contribution in [-0.4, -0.2) is 10.2 Å². The number of para-hydroxylation sites is 1. The van der Waals surface area contributed by atoms with Crippen molar-refractivity contribution in [2.45, 2.75) is 39.2 Å². The molecule has 0 atom stereocenters. The summed E-state index contributed by atoms with van der Waals surface area (Å²) in [5, 5.41) is 11.7. The first-order valence-electron chi connectivity index (χ1n) is 8.21. The molecule has 4 heteroatoms. The fourth-order valence-electron chi connectivity index (χ4n) is 2.66. The molecule has 1 N–H and O–H groups in total. The maximum Gasteiger partial charge on any atom is 0.235 e. The first-order valence-corrected chi connectivity index (χ1v) is 8.21. The molecule has 0 fully saturated rings. The van der Waals surface area contributed by atoms with Gasteiger partial charge in [-0.3, -0.25) is 0 Å². The van der Waals surface area contributed by atoms with Gasteiger partial charge in [0.1, 0.15) is 0 Å². The normalized spacial score (nSPS) is 11.5. The third kappa shape index (κ3) is 4.02. The van der Waals surface area contributed by atoms with E-state index in [4.69, 9.17) is 4.42 Å². The van der Waals surface area contributed by atoms with Crippen molar-refractivity contribution in [3.05, 3.63) is 77.5 Å². The highest BCUT2D eigenvalue weighted by Gasteiger charge is 2.17. The highest BCUT2D eigenvalue weighted by Crippen LogP contribution is 2.29. The summed E-state index contributed by atoms with van der Waals surface area (Å²) >= 11 is 0. The second kappa shape index (κ2) is 6.87. The Kier molecular flexibility index (Phi) is 4.65. The van der Waals surface area contributed by atoms with Gasteiger partial charge in [-0.15, -0.1) is 10.2 Å². The van der Waals surface area contributed by atoms with Crippen molar-refractivity contribution in [2.24, 2.45) is 0 Å². The zero-order valence-electron chi connectivity index (χ0n) is 14.4. The Bertz CT molecular complexity index is 788. The first-order chi connectivity index (χ1) is 11.5. The van der Waals surface area contributed by atoms with Crippen molar-refractivity contribution < 1.29 is 4.42 Å². The van der Waals surface area contributed by atoms with Crippen LogP contribution in [0, 0.1) is 0 Å². The fourth-order valence-corrected chi connectivity index (χ4v) is 2.66. The minimum absolute atomic E-state index is 0.0803. The monoisotopic (exact) mass is 321 g/mol. The van der Waals surface area contributed by atoms with Crippen molar-refractivity contribution in [1.82, 2.24) is 10.2 Å². The number of anilines is 1. The maximum absolute atomic E-state index is 5.75. The molecule has 0 saturated heterocycles. The van der Waals surface area contributed by atoms with E-state index >= 15 is 0 Å². The van der Waals surface area contributed by atoms with Crippen molar-refractivity contribution >= 4 is 5.69 Å². The lowest BCUT2D eigenvalue weighted by Gasteiger charge is -2.23. The second-order valence-corrected chi connectivity index (χ2v) is 6.90. The Balaban J connectivity index is 1.66. The van der Waals surface area contributed by atoms with Gasteiger partial charge in [-0.2, -0.15) is 0 Å². The van der Waals surface area contributed by atoms with Crippen molar-refractivity contribution in [3.8, 4) is 0 Å². The average molecular weight is 321 g/mol. The Morgan fingerprint density at radius 2 is 1.54 bits per heavy atom. The van der Waals surface area contributed by atoms with Crippen molar-refractivity contribution in [3.63, 3.8) is 0 Å². The number of nitrogens with one attached hydrogen (secondary N) is 1. The number of benzene rings is 2. The molecule has 1 heterocycles. The summed E-state index contributed by atoms with van der Waals surface area (Å²) in [6, 6.07) is 18.5. The van der Waals surface area contributed by atoms with Gasteiger partial charge in [-0.25, -0.2) is 0 Å². The molecule has 0 aliphatic carbocycles. The number of nitrogens with zero attached hydrogens (tertiary/aromatic N) is 2. The quantitative estimate of drug-likeness (QED) is 0.748. The molecule has 24 heavy (non-hydrogen) atoms.